The molecule has 1 aromatic rings. The van der Waals surface area contributed by atoms with Gasteiger partial charge in [-0.1, -0.05) is 20.8 Å². The standard InChI is InChI=1S/C20H33N3O3S/c1-13-15(27-17(22-13)19(2,3)4)16(24)23-11-9-8-10-14(23)12-21-18(25)26-20(5,6)7/h14H,8-12H2,1-7H3,(H,21,25). The number of ether oxygens (including phenoxy) is 1. The molecule has 2 heterocycles. The maximum atomic E-state index is 13.2. The molecule has 1 fully saturated rings. The highest BCUT2D eigenvalue weighted by atomic mass is 32.1. The number of likely N-dealkylation sites (tertiary alicyclic amines) is 1. The Labute approximate surface area is 166 Å². The molecule has 1 atom stereocenters. The Bertz CT molecular complexity index is 686. The van der Waals surface area contributed by atoms with Crippen LogP contribution in [0.25, 0.3) is 0 Å². The van der Waals surface area contributed by atoms with Crippen LogP contribution in [0.4, 0.5) is 4.79 Å². The summed E-state index contributed by atoms with van der Waals surface area (Å²) in [4.78, 5) is 32.4. The minimum absolute atomic E-state index is 0.0154. The molecule has 152 valence electrons. The maximum absolute atomic E-state index is 13.2. The number of thiazole rings is 1. The van der Waals surface area contributed by atoms with Crippen molar-refractivity contribution in [1.82, 2.24) is 15.2 Å². The van der Waals surface area contributed by atoms with E-state index in [4.69, 9.17) is 4.74 Å². The number of hydrogen-bond acceptors (Lipinski definition) is 5. The van der Waals surface area contributed by atoms with Crippen molar-refractivity contribution in [3.63, 3.8) is 0 Å². The van der Waals surface area contributed by atoms with Gasteiger partial charge in [0.2, 0.25) is 0 Å². The van der Waals surface area contributed by atoms with E-state index in [9.17, 15) is 9.59 Å². The molecule has 1 unspecified atom stereocenters. The third-order valence-corrected chi connectivity index (χ3v) is 5.97. The number of carbonyl (C=O) groups excluding carboxylic acids is 2. The molecular formula is C20H33N3O3S. The van der Waals surface area contributed by atoms with Crippen LogP contribution >= 0.6 is 11.3 Å². The molecule has 7 heteroatoms. The van der Waals surface area contributed by atoms with E-state index in [2.05, 4.69) is 31.1 Å². The SMILES string of the molecule is Cc1nc(C(C)(C)C)sc1C(=O)N1CCCCC1CNC(=O)OC(C)(C)C. The molecule has 1 saturated heterocycles. The lowest BCUT2D eigenvalue weighted by molar-refractivity contribution is 0.0463. The van der Waals surface area contributed by atoms with Crippen LogP contribution in [0, 0.1) is 6.92 Å². The molecule has 0 aliphatic carbocycles. The lowest BCUT2D eigenvalue weighted by Gasteiger charge is -2.35. The summed E-state index contributed by atoms with van der Waals surface area (Å²) >= 11 is 1.49. The first-order chi connectivity index (χ1) is 12.4. The summed E-state index contributed by atoms with van der Waals surface area (Å²) in [6.45, 7) is 14.8. The second-order valence-electron chi connectivity index (χ2n) is 9.21. The van der Waals surface area contributed by atoms with Crippen molar-refractivity contribution in [2.75, 3.05) is 13.1 Å². The number of carbonyl (C=O) groups is 2. The van der Waals surface area contributed by atoms with Gasteiger partial charge in [-0.15, -0.1) is 11.3 Å². The second-order valence-corrected chi connectivity index (χ2v) is 10.2. The van der Waals surface area contributed by atoms with Crippen LogP contribution in [-0.4, -0.2) is 46.6 Å². The lowest BCUT2D eigenvalue weighted by atomic mass is 9.98. The smallest absolute Gasteiger partial charge is 0.407 e. The van der Waals surface area contributed by atoms with E-state index < -0.39 is 11.7 Å². The van der Waals surface area contributed by atoms with Gasteiger partial charge in [0.05, 0.1) is 10.7 Å². The first kappa shape index (κ1) is 21.7. The van der Waals surface area contributed by atoms with E-state index in [1.165, 1.54) is 11.3 Å². The van der Waals surface area contributed by atoms with Crippen LogP contribution in [0.1, 0.15) is 81.2 Å². The number of hydrogen-bond donors (Lipinski definition) is 1. The van der Waals surface area contributed by atoms with E-state index >= 15 is 0 Å². The van der Waals surface area contributed by atoms with Crippen molar-refractivity contribution in [3.05, 3.63) is 15.6 Å². The number of rotatable bonds is 3. The summed E-state index contributed by atoms with van der Waals surface area (Å²) in [6, 6.07) is -0.0154. The highest BCUT2D eigenvalue weighted by Crippen LogP contribution is 2.31. The van der Waals surface area contributed by atoms with Crippen molar-refractivity contribution in [2.45, 2.75) is 84.8 Å². The van der Waals surface area contributed by atoms with Crippen molar-refractivity contribution in [3.8, 4) is 0 Å². The molecule has 2 amide bonds. The van der Waals surface area contributed by atoms with Gasteiger partial charge in [0.25, 0.3) is 5.91 Å². The Balaban J connectivity index is 2.09. The third kappa shape index (κ3) is 5.92. The highest BCUT2D eigenvalue weighted by molar-refractivity contribution is 7.14. The monoisotopic (exact) mass is 395 g/mol. The Morgan fingerprint density at radius 3 is 2.44 bits per heavy atom. The molecule has 27 heavy (non-hydrogen) atoms. The molecule has 1 N–H and O–H groups in total. The van der Waals surface area contributed by atoms with Crippen LogP contribution in [0.2, 0.25) is 0 Å². The molecule has 1 aliphatic rings. The number of aryl methyl sites for hydroxylation is 1. The molecule has 0 radical (unpaired) electrons. The Morgan fingerprint density at radius 1 is 1.22 bits per heavy atom. The molecule has 0 aromatic carbocycles. The van der Waals surface area contributed by atoms with Crippen molar-refractivity contribution >= 4 is 23.3 Å². The molecule has 1 aliphatic heterocycles. The fraction of sp³-hybridized carbons (Fsp3) is 0.750. The fourth-order valence-electron chi connectivity index (χ4n) is 3.04. The van der Waals surface area contributed by atoms with Gasteiger partial charge in [-0.2, -0.15) is 0 Å². The third-order valence-electron chi connectivity index (χ3n) is 4.40. The molecule has 0 saturated carbocycles. The van der Waals surface area contributed by atoms with Crippen molar-refractivity contribution < 1.29 is 14.3 Å². The maximum Gasteiger partial charge on any atom is 0.407 e. The van der Waals surface area contributed by atoms with E-state index in [1.54, 1.807) is 0 Å². The van der Waals surface area contributed by atoms with Gasteiger partial charge < -0.3 is 15.0 Å². The minimum Gasteiger partial charge on any atom is -0.444 e. The zero-order chi connectivity index (χ0) is 20.4. The molecule has 1 aromatic heterocycles. The fourth-order valence-corrected chi connectivity index (χ4v) is 4.12. The van der Waals surface area contributed by atoms with Crippen LogP contribution < -0.4 is 5.32 Å². The summed E-state index contributed by atoms with van der Waals surface area (Å²) < 4.78 is 5.31. The minimum atomic E-state index is -0.532. The Kier molecular flexibility index (Phi) is 6.55. The van der Waals surface area contributed by atoms with E-state index in [0.29, 0.717) is 18.0 Å². The quantitative estimate of drug-likeness (QED) is 0.830. The number of aromatic nitrogens is 1. The average molecular weight is 396 g/mol. The van der Waals surface area contributed by atoms with Crippen LogP contribution in [0.15, 0.2) is 0 Å². The zero-order valence-electron chi connectivity index (χ0n) is 17.6. The van der Waals surface area contributed by atoms with Gasteiger partial charge in [-0.25, -0.2) is 9.78 Å². The van der Waals surface area contributed by atoms with Gasteiger partial charge in [0.1, 0.15) is 10.5 Å². The van der Waals surface area contributed by atoms with Gasteiger partial charge in [0.15, 0.2) is 0 Å². The number of piperidine rings is 1. The summed E-state index contributed by atoms with van der Waals surface area (Å²) in [6.07, 6.45) is 2.48. The van der Waals surface area contributed by atoms with Crippen LogP contribution in [0.3, 0.4) is 0 Å². The van der Waals surface area contributed by atoms with Crippen LogP contribution in [-0.2, 0) is 10.2 Å². The summed E-state index contributed by atoms with van der Waals surface area (Å²) in [5.74, 6) is 0.0242. The molecule has 0 bridgehead atoms. The predicted octanol–water partition coefficient (Wildman–Crippen LogP) is 4.27. The lowest BCUT2D eigenvalue weighted by Crippen LogP contribution is -2.50. The Morgan fingerprint density at radius 2 is 1.89 bits per heavy atom. The summed E-state index contributed by atoms with van der Waals surface area (Å²) in [5.41, 5.74) is 0.183. The summed E-state index contributed by atoms with van der Waals surface area (Å²) in [5, 5.41) is 3.80. The first-order valence-electron chi connectivity index (χ1n) is 9.64. The number of nitrogens with one attached hydrogen (secondary N) is 1. The Hall–Kier alpha value is -1.63. The highest BCUT2D eigenvalue weighted by Gasteiger charge is 2.31. The second kappa shape index (κ2) is 8.17. The van der Waals surface area contributed by atoms with Crippen molar-refractivity contribution in [2.24, 2.45) is 0 Å². The molecular weight excluding hydrogens is 362 g/mol. The molecule has 2 rings (SSSR count). The molecule has 6 nitrogen and oxygen atoms in total. The number of amides is 2. The van der Waals surface area contributed by atoms with E-state index in [0.717, 1.165) is 30.0 Å². The summed E-state index contributed by atoms with van der Waals surface area (Å²) in [7, 11) is 0. The van der Waals surface area contributed by atoms with Gasteiger partial charge in [0, 0.05) is 24.5 Å². The van der Waals surface area contributed by atoms with Crippen LogP contribution in [0.5, 0.6) is 0 Å². The van der Waals surface area contributed by atoms with E-state index in [-0.39, 0.29) is 17.4 Å². The largest absolute Gasteiger partial charge is 0.444 e. The normalized spacial score (nSPS) is 18.3. The van der Waals surface area contributed by atoms with Gasteiger partial charge >= 0.3 is 6.09 Å². The van der Waals surface area contributed by atoms with Gasteiger partial charge in [-0.3, -0.25) is 4.79 Å². The first-order valence-corrected chi connectivity index (χ1v) is 10.5. The predicted molar refractivity (Wildman–Crippen MR) is 108 cm³/mol. The van der Waals surface area contributed by atoms with Crippen molar-refractivity contribution in [1.29, 1.82) is 0 Å². The van der Waals surface area contributed by atoms with Gasteiger partial charge in [-0.05, 0) is 47.0 Å². The molecule has 0 spiro atoms. The topological polar surface area (TPSA) is 71.5 Å². The zero-order valence-corrected chi connectivity index (χ0v) is 18.5. The number of nitrogens with zero attached hydrogens (tertiary/aromatic N) is 2. The number of alkyl carbamates (subject to hydrolysis) is 1. The average Bonchev–Trinajstić information content (AvgIpc) is 2.93. The van der Waals surface area contributed by atoms with E-state index in [1.807, 2.05) is 32.6 Å².